The van der Waals surface area contributed by atoms with E-state index >= 15 is 0 Å². The molecule has 0 aromatic heterocycles. The van der Waals surface area contributed by atoms with Gasteiger partial charge in [0.05, 0.1) is 17.5 Å². The second kappa shape index (κ2) is 8.07. The molecule has 2 aliphatic rings. The lowest BCUT2D eigenvalue weighted by atomic mass is 9.81. The second-order valence-corrected chi connectivity index (χ2v) is 7.53. The second-order valence-electron chi connectivity index (χ2n) is 7.53. The molecule has 0 bridgehead atoms. The molecule has 2 atom stereocenters. The first-order valence-electron chi connectivity index (χ1n) is 9.91. The molecule has 0 spiro atoms. The first-order valence-corrected chi connectivity index (χ1v) is 9.91. The van der Waals surface area contributed by atoms with Crippen molar-refractivity contribution in [3.05, 3.63) is 54.1 Å². The average Bonchev–Trinajstić information content (AvgIpc) is 2.99. The minimum absolute atomic E-state index is 0.115. The maximum atomic E-state index is 12.7. The summed E-state index contributed by atoms with van der Waals surface area (Å²) >= 11 is 0. The number of aryl methyl sites for hydroxylation is 1. The molecule has 4 rings (SSSR count). The van der Waals surface area contributed by atoms with Crippen molar-refractivity contribution in [1.82, 2.24) is 0 Å². The van der Waals surface area contributed by atoms with Crippen molar-refractivity contribution in [2.45, 2.75) is 32.6 Å². The van der Waals surface area contributed by atoms with Crippen LogP contribution in [-0.4, -0.2) is 24.4 Å². The average molecular weight is 393 g/mol. The van der Waals surface area contributed by atoms with E-state index in [1.807, 2.05) is 25.1 Å². The van der Waals surface area contributed by atoms with Gasteiger partial charge < -0.3 is 9.47 Å². The summed E-state index contributed by atoms with van der Waals surface area (Å²) in [7, 11) is 0. The van der Waals surface area contributed by atoms with Gasteiger partial charge in [0.2, 0.25) is 11.8 Å². The Labute approximate surface area is 169 Å². The smallest absolute Gasteiger partial charge is 0.349 e. The van der Waals surface area contributed by atoms with Gasteiger partial charge >= 0.3 is 5.97 Å². The monoisotopic (exact) mass is 393 g/mol. The SMILES string of the molecule is Cc1ccccc1OCC(=O)Oc1ccc(N2C(=O)[C@@H]3CCCC[C@H]3C2=O)cc1. The molecule has 1 heterocycles. The van der Waals surface area contributed by atoms with Crippen LogP contribution in [0.2, 0.25) is 0 Å². The zero-order valence-electron chi connectivity index (χ0n) is 16.3. The number of imide groups is 1. The molecule has 6 nitrogen and oxygen atoms in total. The quantitative estimate of drug-likeness (QED) is 0.440. The molecular weight excluding hydrogens is 370 g/mol. The maximum absolute atomic E-state index is 12.7. The number of benzene rings is 2. The van der Waals surface area contributed by atoms with E-state index in [-0.39, 0.29) is 30.3 Å². The summed E-state index contributed by atoms with van der Waals surface area (Å²) in [5.74, 6) is -0.164. The Morgan fingerprint density at radius 2 is 1.59 bits per heavy atom. The van der Waals surface area contributed by atoms with Crippen LogP contribution < -0.4 is 14.4 Å². The number of para-hydroxylation sites is 1. The van der Waals surface area contributed by atoms with Gasteiger partial charge in [-0.05, 0) is 55.7 Å². The zero-order valence-corrected chi connectivity index (χ0v) is 16.3. The number of rotatable bonds is 5. The molecule has 1 saturated carbocycles. The molecule has 0 N–H and O–H groups in total. The van der Waals surface area contributed by atoms with Crippen LogP contribution in [0.1, 0.15) is 31.2 Å². The van der Waals surface area contributed by atoms with Crippen LogP contribution >= 0.6 is 0 Å². The Bertz CT molecular complexity index is 913. The molecule has 150 valence electrons. The highest BCUT2D eigenvalue weighted by Gasteiger charge is 2.48. The third kappa shape index (κ3) is 3.88. The lowest BCUT2D eigenvalue weighted by Crippen LogP contribution is -2.30. The van der Waals surface area contributed by atoms with Crippen molar-refractivity contribution in [1.29, 1.82) is 0 Å². The summed E-state index contributed by atoms with van der Waals surface area (Å²) in [4.78, 5) is 38.7. The predicted molar refractivity (Wildman–Crippen MR) is 107 cm³/mol. The van der Waals surface area contributed by atoms with Gasteiger partial charge in [0.1, 0.15) is 11.5 Å². The van der Waals surface area contributed by atoms with Crippen molar-refractivity contribution in [2.24, 2.45) is 11.8 Å². The third-order valence-electron chi connectivity index (χ3n) is 5.61. The number of carbonyl (C=O) groups excluding carboxylic acids is 3. The van der Waals surface area contributed by atoms with Crippen LogP contribution in [0.3, 0.4) is 0 Å². The molecule has 2 aromatic rings. The van der Waals surface area contributed by atoms with E-state index in [9.17, 15) is 14.4 Å². The largest absolute Gasteiger partial charge is 0.482 e. The first-order chi connectivity index (χ1) is 14.0. The minimum atomic E-state index is -0.527. The Morgan fingerprint density at radius 1 is 0.966 bits per heavy atom. The summed E-state index contributed by atoms with van der Waals surface area (Å²) in [6.07, 6.45) is 3.55. The van der Waals surface area contributed by atoms with Gasteiger partial charge in [-0.25, -0.2) is 4.79 Å². The van der Waals surface area contributed by atoms with Gasteiger partial charge in [-0.3, -0.25) is 14.5 Å². The number of hydrogen-bond donors (Lipinski definition) is 0. The number of esters is 1. The van der Waals surface area contributed by atoms with Crippen molar-refractivity contribution >= 4 is 23.5 Å². The number of fused-ring (bicyclic) bond motifs is 1. The van der Waals surface area contributed by atoms with E-state index in [0.717, 1.165) is 31.2 Å². The Kier molecular flexibility index (Phi) is 5.34. The van der Waals surface area contributed by atoms with Crippen LogP contribution in [0.15, 0.2) is 48.5 Å². The first kappa shape index (κ1) is 19.2. The van der Waals surface area contributed by atoms with Gasteiger partial charge in [0.25, 0.3) is 0 Å². The van der Waals surface area contributed by atoms with E-state index in [2.05, 4.69) is 0 Å². The van der Waals surface area contributed by atoms with Crippen molar-refractivity contribution in [2.75, 3.05) is 11.5 Å². The Hall–Kier alpha value is -3.15. The fraction of sp³-hybridized carbons (Fsp3) is 0.348. The molecule has 29 heavy (non-hydrogen) atoms. The molecule has 2 fully saturated rings. The van der Waals surface area contributed by atoms with E-state index in [1.165, 1.54) is 4.90 Å². The Balaban J connectivity index is 1.38. The third-order valence-corrected chi connectivity index (χ3v) is 5.61. The molecule has 6 heteroatoms. The van der Waals surface area contributed by atoms with Crippen LogP contribution in [0.5, 0.6) is 11.5 Å². The molecular formula is C23H23NO5. The highest BCUT2D eigenvalue weighted by Crippen LogP contribution is 2.40. The van der Waals surface area contributed by atoms with Crippen molar-refractivity contribution < 1.29 is 23.9 Å². The van der Waals surface area contributed by atoms with E-state index < -0.39 is 5.97 Å². The molecule has 1 saturated heterocycles. The van der Waals surface area contributed by atoms with Crippen molar-refractivity contribution in [3.63, 3.8) is 0 Å². The van der Waals surface area contributed by atoms with Crippen LogP contribution in [-0.2, 0) is 14.4 Å². The number of nitrogens with zero attached hydrogens (tertiary/aromatic N) is 1. The fourth-order valence-electron chi connectivity index (χ4n) is 4.10. The number of carbonyl (C=O) groups is 3. The Morgan fingerprint density at radius 3 is 2.21 bits per heavy atom. The normalized spacial score (nSPS) is 21.1. The number of hydrogen-bond acceptors (Lipinski definition) is 5. The standard InChI is InChI=1S/C23H23NO5/c1-15-6-2-5-9-20(15)28-14-21(25)29-17-12-10-16(11-13-17)24-22(26)18-7-3-4-8-19(18)23(24)27/h2,5-6,9-13,18-19H,3-4,7-8,14H2,1H3/t18-,19-/m1/s1. The lowest BCUT2D eigenvalue weighted by molar-refractivity contribution is -0.136. The van der Waals surface area contributed by atoms with E-state index in [1.54, 1.807) is 30.3 Å². The highest BCUT2D eigenvalue weighted by molar-refractivity contribution is 6.22. The van der Waals surface area contributed by atoms with E-state index in [0.29, 0.717) is 17.2 Å². The molecule has 0 unspecified atom stereocenters. The predicted octanol–water partition coefficient (Wildman–Crippen LogP) is 3.66. The van der Waals surface area contributed by atoms with Gasteiger partial charge in [-0.2, -0.15) is 0 Å². The molecule has 2 aromatic carbocycles. The molecule has 0 radical (unpaired) electrons. The topological polar surface area (TPSA) is 72.9 Å². The lowest BCUT2D eigenvalue weighted by Gasteiger charge is -2.19. The molecule has 1 aliphatic heterocycles. The van der Waals surface area contributed by atoms with Crippen LogP contribution in [0.4, 0.5) is 5.69 Å². The van der Waals surface area contributed by atoms with Gasteiger partial charge in [-0.15, -0.1) is 0 Å². The van der Waals surface area contributed by atoms with Crippen molar-refractivity contribution in [3.8, 4) is 11.5 Å². The summed E-state index contributed by atoms with van der Waals surface area (Å²) in [6.45, 7) is 1.69. The summed E-state index contributed by atoms with van der Waals surface area (Å²) in [6, 6.07) is 13.9. The minimum Gasteiger partial charge on any atom is -0.482 e. The summed E-state index contributed by atoms with van der Waals surface area (Å²) in [5, 5.41) is 0. The molecule has 2 amide bonds. The number of ether oxygens (including phenoxy) is 2. The van der Waals surface area contributed by atoms with Gasteiger partial charge in [0.15, 0.2) is 6.61 Å². The van der Waals surface area contributed by atoms with Crippen LogP contribution in [0, 0.1) is 18.8 Å². The fourth-order valence-corrected chi connectivity index (χ4v) is 4.10. The summed E-state index contributed by atoms with van der Waals surface area (Å²) < 4.78 is 10.8. The highest BCUT2D eigenvalue weighted by atomic mass is 16.6. The van der Waals surface area contributed by atoms with Gasteiger partial charge in [-0.1, -0.05) is 31.0 Å². The number of amides is 2. The number of anilines is 1. The van der Waals surface area contributed by atoms with E-state index in [4.69, 9.17) is 9.47 Å². The summed E-state index contributed by atoms with van der Waals surface area (Å²) in [5.41, 5.74) is 1.45. The zero-order chi connectivity index (χ0) is 20.4. The van der Waals surface area contributed by atoms with Crippen LogP contribution in [0.25, 0.3) is 0 Å². The maximum Gasteiger partial charge on any atom is 0.349 e. The molecule has 1 aliphatic carbocycles. The van der Waals surface area contributed by atoms with Gasteiger partial charge in [0, 0.05) is 0 Å².